The molecule has 0 radical (unpaired) electrons. The molecule has 0 saturated carbocycles. The quantitative estimate of drug-likeness (QED) is 0.934. The highest BCUT2D eigenvalue weighted by atomic mass is 15.3. The lowest BCUT2D eigenvalue weighted by Gasteiger charge is -2.37. The summed E-state index contributed by atoms with van der Waals surface area (Å²) in [6, 6.07) is 20.5. The summed E-state index contributed by atoms with van der Waals surface area (Å²) >= 11 is 0. The summed E-state index contributed by atoms with van der Waals surface area (Å²) in [6.45, 7) is 8.27. The summed E-state index contributed by atoms with van der Waals surface area (Å²) in [6.07, 6.45) is 1.32. The first-order valence-corrected chi connectivity index (χ1v) is 9.20. The van der Waals surface area contributed by atoms with Gasteiger partial charge < -0.3 is 5.32 Å². The number of piperazine rings is 1. The number of benzene rings is 2. The Kier molecular flexibility index (Phi) is 4.93. The molecule has 2 aliphatic rings. The molecule has 2 saturated heterocycles. The van der Waals surface area contributed by atoms with Gasteiger partial charge >= 0.3 is 0 Å². The van der Waals surface area contributed by atoms with Crippen LogP contribution in [0.2, 0.25) is 0 Å². The molecule has 1 atom stereocenters. The van der Waals surface area contributed by atoms with E-state index in [1.807, 2.05) is 0 Å². The molecule has 3 heteroatoms. The average Bonchev–Trinajstić information content (AvgIpc) is 3.18. The van der Waals surface area contributed by atoms with Crippen LogP contribution in [0.1, 0.15) is 12.0 Å². The van der Waals surface area contributed by atoms with Crippen LogP contribution >= 0.6 is 0 Å². The molecule has 0 spiro atoms. The van der Waals surface area contributed by atoms with Crippen molar-refractivity contribution in [3.63, 3.8) is 0 Å². The Balaban J connectivity index is 1.31. The third-order valence-corrected chi connectivity index (χ3v) is 5.42. The van der Waals surface area contributed by atoms with Crippen LogP contribution in [0.15, 0.2) is 54.6 Å². The van der Waals surface area contributed by atoms with Gasteiger partial charge in [0.2, 0.25) is 0 Å². The largest absolute Gasteiger partial charge is 0.315 e. The Morgan fingerprint density at radius 3 is 2.21 bits per heavy atom. The van der Waals surface area contributed by atoms with Gasteiger partial charge in [-0.2, -0.15) is 0 Å². The van der Waals surface area contributed by atoms with Gasteiger partial charge in [0.25, 0.3) is 0 Å². The van der Waals surface area contributed by atoms with Crippen LogP contribution in [0.5, 0.6) is 0 Å². The normalized spacial score (nSPS) is 22.8. The Bertz CT molecular complexity index is 624. The second kappa shape index (κ2) is 7.47. The van der Waals surface area contributed by atoms with Crippen molar-refractivity contribution in [2.45, 2.75) is 19.0 Å². The van der Waals surface area contributed by atoms with Gasteiger partial charge in [-0.25, -0.2) is 0 Å². The summed E-state index contributed by atoms with van der Waals surface area (Å²) in [5.74, 6) is 0. The Morgan fingerprint density at radius 2 is 1.54 bits per heavy atom. The van der Waals surface area contributed by atoms with E-state index in [2.05, 4.69) is 69.7 Å². The van der Waals surface area contributed by atoms with Crippen LogP contribution in [0.3, 0.4) is 0 Å². The molecule has 2 aromatic rings. The van der Waals surface area contributed by atoms with Gasteiger partial charge in [-0.1, -0.05) is 54.6 Å². The van der Waals surface area contributed by atoms with Gasteiger partial charge in [-0.05, 0) is 29.7 Å². The van der Waals surface area contributed by atoms with Gasteiger partial charge in [-0.15, -0.1) is 0 Å². The highest BCUT2D eigenvalue weighted by Gasteiger charge is 2.25. The zero-order valence-electron chi connectivity index (χ0n) is 14.3. The van der Waals surface area contributed by atoms with Gasteiger partial charge in [0.15, 0.2) is 0 Å². The monoisotopic (exact) mass is 321 g/mol. The molecule has 2 fully saturated rings. The van der Waals surface area contributed by atoms with E-state index in [0.29, 0.717) is 0 Å². The maximum atomic E-state index is 3.48. The fourth-order valence-electron chi connectivity index (χ4n) is 3.93. The number of nitrogens with zero attached hydrogens (tertiary/aromatic N) is 2. The highest BCUT2D eigenvalue weighted by molar-refractivity contribution is 5.63. The van der Waals surface area contributed by atoms with Crippen molar-refractivity contribution in [3.05, 3.63) is 60.2 Å². The van der Waals surface area contributed by atoms with E-state index in [9.17, 15) is 0 Å². The SMILES string of the molecule is c1ccc(-c2ccc(CN3CCN(C4CCNC4)CC3)cc2)cc1. The first-order chi connectivity index (χ1) is 11.9. The second-order valence-corrected chi connectivity index (χ2v) is 7.02. The summed E-state index contributed by atoms with van der Waals surface area (Å²) in [7, 11) is 0. The van der Waals surface area contributed by atoms with Crippen molar-refractivity contribution >= 4 is 0 Å². The molecule has 2 heterocycles. The second-order valence-electron chi connectivity index (χ2n) is 7.02. The average molecular weight is 321 g/mol. The molecule has 24 heavy (non-hydrogen) atoms. The third-order valence-electron chi connectivity index (χ3n) is 5.42. The predicted octanol–water partition coefficient (Wildman–Crippen LogP) is 2.83. The van der Waals surface area contributed by atoms with E-state index in [-0.39, 0.29) is 0 Å². The number of hydrogen-bond acceptors (Lipinski definition) is 3. The fraction of sp³-hybridized carbons (Fsp3) is 0.429. The van der Waals surface area contributed by atoms with Crippen molar-refractivity contribution in [1.29, 1.82) is 0 Å². The Morgan fingerprint density at radius 1 is 0.833 bits per heavy atom. The van der Waals surface area contributed by atoms with E-state index < -0.39 is 0 Å². The van der Waals surface area contributed by atoms with Crippen LogP contribution in [0, 0.1) is 0 Å². The predicted molar refractivity (Wildman–Crippen MR) is 100 cm³/mol. The maximum Gasteiger partial charge on any atom is 0.0234 e. The van der Waals surface area contributed by atoms with Crippen molar-refractivity contribution in [1.82, 2.24) is 15.1 Å². The first kappa shape index (κ1) is 15.8. The lowest BCUT2D eigenvalue weighted by molar-refractivity contribution is 0.0981. The molecule has 0 bridgehead atoms. The van der Waals surface area contributed by atoms with Gasteiger partial charge in [-0.3, -0.25) is 9.80 Å². The number of nitrogens with one attached hydrogen (secondary N) is 1. The van der Waals surface area contributed by atoms with Crippen LogP contribution in [0.4, 0.5) is 0 Å². The summed E-state index contributed by atoms with van der Waals surface area (Å²) in [4.78, 5) is 5.27. The van der Waals surface area contributed by atoms with Crippen molar-refractivity contribution < 1.29 is 0 Å². The number of rotatable bonds is 4. The molecule has 0 aromatic heterocycles. The number of hydrogen-bond donors (Lipinski definition) is 1. The van der Waals surface area contributed by atoms with Gasteiger partial charge in [0.05, 0.1) is 0 Å². The van der Waals surface area contributed by atoms with Crippen molar-refractivity contribution in [2.24, 2.45) is 0 Å². The standard InChI is InChI=1S/C21H27N3/c1-2-4-19(5-3-1)20-8-6-18(7-9-20)17-23-12-14-24(15-13-23)21-10-11-22-16-21/h1-9,21-22H,10-17H2. The first-order valence-electron chi connectivity index (χ1n) is 9.20. The van der Waals surface area contributed by atoms with Gasteiger partial charge in [0.1, 0.15) is 0 Å². The molecule has 4 rings (SSSR count). The van der Waals surface area contributed by atoms with E-state index in [0.717, 1.165) is 12.6 Å². The van der Waals surface area contributed by atoms with Crippen LogP contribution in [-0.4, -0.2) is 55.1 Å². The van der Waals surface area contributed by atoms with E-state index in [1.165, 1.54) is 62.4 Å². The molecule has 2 aromatic carbocycles. The van der Waals surface area contributed by atoms with Crippen LogP contribution < -0.4 is 5.32 Å². The minimum absolute atomic E-state index is 0.775. The van der Waals surface area contributed by atoms with E-state index in [1.54, 1.807) is 0 Å². The maximum absolute atomic E-state index is 3.48. The Labute approximate surface area is 145 Å². The molecular weight excluding hydrogens is 294 g/mol. The molecule has 3 nitrogen and oxygen atoms in total. The summed E-state index contributed by atoms with van der Waals surface area (Å²) in [5, 5.41) is 3.48. The minimum atomic E-state index is 0.775. The van der Waals surface area contributed by atoms with Crippen LogP contribution in [-0.2, 0) is 6.54 Å². The van der Waals surface area contributed by atoms with E-state index in [4.69, 9.17) is 0 Å². The molecule has 2 aliphatic heterocycles. The minimum Gasteiger partial charge on any atom is -0.315 e. The topological polar surface area (TPSA) is 18.5 Å². The smallest absolute Gasteiger partial charge is 0.0234 e. The highest BCUT2D eigenvalue weighted by Crippen LogP contribution is 2.20. The van der Waals surface area contributed by atoms with Crippen molar-refractivity contribution in [2.75, 3.05) is 39.3 Å². The summed E-state index contributed by atoms with van der Waals surface area (Å²) < 4.78 is 0. The molecule has 1 N–H and O–H groups in total. The fourth-order valence-corrected chi connectivity index (χ4v) is 3.93. The molecular formula is C21H27N3. The van der Waals surface area contributed by atoms with Crippen LogP contribution in [0.25, 0.3) is 11.1 Å². The zero-order valence-corrected chi connectivity index (χ0v) is 14.3. The third kappa shape index (κ3) is 3.69. The lowest BCUT2D eigenvalue weighted by Crippen LogP contribution is -2.50. The molecule has 0 aliphatic carbocycles. The van der Waals surface area contributed by atoms with Gasteiger partial charge in [0, 0.05) is 45.3 Å². The summed E-state index contributed by atoms with van der Waals surface area (Å²) in [5.41, 5.74) is 4.02. The lowest BCUT2D eigenvalue weighted by atomic mass is 10.0. The Hall–Kier alpha value is -1.68. The molecule has 0 amide bonds. The zero-order chi connectivity index (χ0) is 16.2. The molecule has 126 valence electrons. The molecule has 1 unspecified atom stereocenters. The van der Waals surface area contributed by atoms with Crippen molar-refractivity contribution in [3.8, 4) is 11.1 Å². The van der Waals surface area contributed by atoms with E-state index >= 15 is 0 Å².